The molecule has 2 heteroatoms. The number of hydrogen-bond acceptors (Lipinski definition) is 0. The molecule has 2 fully saturated rings. The van der Waals surface area contributed by atoms with Gasteiger partial charge in [0.1, 0.15) is 0 Å². The van der Waals surface area contributed by atoms with Gasteiger partial charge in [-0.1, -0.05) is 0 Å². The van der Waals surface area contributed by atoms with Gasteiger partial charge in [-0.3, -0.25) is 0 Å². The molecule has 2 heterocycles. The molecule has 14 heavy (non-hydrogen) atoms. The van der Waals surface area contributed by atoms with E-state index in [0.717, 1.165) is 11.3 Å². The van der Waals surface area contributed by atoms with Gasteiger partial charge >= 0.3 is 96.4 Å². The number of rotatable bonds is 3. The van der Waals surface area contributed by atoms with E-state index >= 15 is 0 Å². The van der Waals surface area contributed by atoms with Crippen molar-refractivity contribution in [2.45, 2.75) is 69.6 Å². The van der Waals surface area contributed by atoms with Crippen molar-refractivity contribution in [2.75, 3.05) is 6.16 Å². The van der Waals surface area contributed by atoms with Crippen molar-refractivity contribution in [1.82, 2.24) is 0 Å². The van der Waals surface area contributed by atoms with Gasteiger partial charge in [0, 0.05) is 0 Å². The Morgan fingerprint density at radius 3 is 2.14 bits per heavy atom. The fraction of sp³-hybridized carbons (Fsp3) is 1.00. The van der Waals surface area contributed by atoms with Crippen LogP contribution in [-0.2, 0) is 0 Å². The molecule has 0 N–H and O–H groups in total. The summed E-state index contributed by atoms with van der Waals surface area (Å²) in [6.45, 7) is 2.34. The second-order valence-electron chi connectivity index (χ2n) is 5.10. The predicted octanol–water partition coefficient (Wildman–Crippen LogP) is 3.99. The molecule has 2 saturated heterocycles. The van der Waals surface area contributed by atoms with Crippen molar-refractivity contribution in [2.24, 2.45) is 0 Å². The zero-order valence-corrected chi connectivity index (χ0v) is 12.0. The Balaban J connectivity index is 2.10. The molecule has 3 atom stereocenters. The van der Waals surface area contributed by atoms with E-state index in [1.54, 1.807) is 31.8 Å². The molecule has 1 unspecified atom stereocenters. The fourth-order valence-electron chi connectivity index (χ4n) is 3.38. The fourth-order valence-corrected chi connectivity index (χ4v) is 11.4. The van der Waals surface area contributed by atoms with E-state index < -0.39 is 5.51 Å². The minimum atomic E-state index is -0.619. The summed E-state index contributed by atoms with van der Waals surface area (Å²) in [5, 5.41) is 0. The van der Waals surface area contributed by atoms with Crippen molar-refractivity contribution in [3.05, 3.63) is 0 Å². The number of fused-ring (bicyclic) bond motifs is 2. The summed E-state index contributed by atoms with van der Waals surface area (Å²) in [6, 6.07) is 0. The van der Waals surface area contributed by atoms with Crippen LogP contribution >= 0.6 is 5.51 Å². The van der Waals surface area contributed by atoms with Gasteiger partial charge in [0.15, 0.2) is 0 Å². The summed E-state index contributed by atoms with van der Waals surface area (Å²) in [5.41, 5.74) is 1.66. The summed E-state index contributed by atoms with van der Waals surface area (Å²) in [7, 11) is 0. The third kappa shape index (κ3) is 2.06. The summed E-state index contributed by atoms with van der Waals surface area (Å²) in [6.07, 6.45) is 13.7. The molecular weight excluding hydrogens is 254 g/mol. The maximum absolute atomic E-state index is 3.74. The van der Waals surface area contributed by atoms with Crippen LogP contribution in [0.3, 0.4) is 0 Å². The minimum absolute atomic E-state index is 0.619. The van der Waals surface area contributed by atoms with Crippen LogP contribution in [0.5, 0.6) is 0 Å². The molecule has 0 spiro atoms. The summed E-state index contributed by atoms with van der Waals surface area (Å²) in [5.74, 6) is 0. The molecule has 2 aliphatic rings. The number of hydrogen-bond donors (Lipinski definition) is 0. The van der Waals surface area contributed by atoms with Crippen LogP contribution in [0.15, 0.2) is 0 Å². The second kappa shape index (κ2) is 4.86. The van der Waals surface area contributed by atoms with Crippen LogP contribution in [-0.4, -0.2) is 32.6 Å². The van der Waals surface area contributed by atoms with Crippen LogP contribution in [0.2, 0.25) is 0 Å². The Kier molecular flexibility index (Phi) is 3.97. The van der Waals surface area contributed by atoms with Crippen molar-refractivity contribution in [1.29, 1.82) is 0 Å². The van der Waals surface area contributed by atoms with Crippen LogP contribution < -0.4 is 0 Å². The van der Waals surface area contributed by atoms with E-state index in [2.05, 4.69) is 22.0 Å². The van der Waals surface area contributed by atoms with E-state index in [9.17, 15) is 0 Å². The standard InChI is InChI=1S/C12H23PSe/c1-2-3-10-13(14)11-6-4-5-7-12(13)9-8-11/h11-12H,2-10H2,1H3/t11-,12+,13?. The van der Waals surface area contributed by atoms with Gasteiger partial charge < -0.3 is 0 Å². The van der Waals surface area contributed by atoms with Crippen molar-refractivity contribution in [3.8, 4) is 0 Å². The molecule has 0 aromatic rings. The van der Waals surface area contributed by atoms with Gasteiger partial charge in [-0.05, 0) is 0 Å². The molecule has 0 radical (unpaired) electrons. The van der Waals surface area contributed by atoms with E-state index in [1.165, 1.54) is 25.7 Å². The van der Waals surface area contributed by atoms with Crippen LogP contribution in [0.4, 0.5) is 0 Å². The van der Waals surface area contributed by atoms with E-state index in [-0.39, 0.29) is 0 Å². The molecule has 0 aromatic heterocycles. The first-order chi connectivity index (χ1) is 6.77. The third-order valence-electron chi connectivity index (χ3n) is 4.26. The molecule has 2 aliphatic heterocycles. The molecule has 0 nitrogen and oxygen atoms in total. The molecule has 82 valence electrons. The molecule has 0 saturated carbocycles. The van der Waals surface area contributed by atoms with Crippen molar-refractivity contribution in [3.63, 3.8) is 0 Å². The monoisotopic (exact) mass is 278 g/mol. The van der Waals surface area contributed by atoms with Gasteiger partial charge in [-0.25, -0.2) is 0 Å². The number of unbranched alkanes of at least 4 members (excludes halogenated alkanes) is 1. The van der Waals surface area contributed by atoms with E-state index in [0.29, 0.717) is 0 Å². The van der Waals surface area contributed by atoms with Gasteiger partial charge in [0.05, 0.1) is 0 Å². The Hall–Kier alpha value is 0.949. The topological polar surface area (TPSA) is 0 Å². The van der Waals surface area contributed by atoms with Gasteiger partial charge in [-0.15, -0.1) is 0 Å². The SMILES string of the molecule is CCCCP1(=[Se])[C@@H]2CCCC[C@H]1CC2. The average molecular weight is 277 g/mol. The quantitative estimate of drug-likeness (QED) is 0.540. The molecule has 0 aromatic carbocycles. The first-order valence-corrected chi connectivity index (χ1v) is 10.7. The first kappa shape index (κ1) is 11.4. The third-order valence-corrected chi connectivity index (χ3v) is 13.7. The maximum atomic E-state index is 3.74. The summed E-state index contributed by atoms with van der Waals surface area (Å²) < 4.78 is 0. The van der Waals surface area contributed by atoms with Gasteiger partial charge in [-0.2, -0.15) is 0 Å². The van der Waals surface area contributed by atoms with Crippen molar-refractivity contribution >= 4 is 20.6 Å². The molecular formula is C12H23PSe. The average Bonchev–Trinajstić information content (AvgIpc) is 2.34. The Labute approximate surface area is 96.5 Å². The van der Waals surface area contributed by atoms with Crippen LogP contribution in [0, 0.1) is 0 Å². The van der Waals surface area contributed by atoms with Crippen LogP contribution in [0.1, 0.15) is 58.3 Å². The van der Waals surface area contributed by atoms with E-state index in [1.807, 2.05) is 0 Å². The van der Waals surface area contributed by atoms with Gasteiger partial charge in [0.2, 0.25) is 0 Å². The summed E-state index contributed by atoms with van der Waals surface area (Å²) in [4.78, 5) is 0. The second-order valence-corrected chi connectivity index (χ2v) is 13.0. The zero-order valence-electron chi connectivity index (χ0n) is 9.37. The zero-order chi connectivity index (χ0) is 10.0. The Morgan fingerprint density at radius 1 is 1.07 bits per heavy atom. The normalized spacial score (nSPS) is 42.4. The molecule has 2 rings (SSSR count). The Morgan fingerprint density at radius 2 is 1.64 bits per heavy atom. The molecule has 0 amide bonds. The first-order valence-electron chi connectivity index (χ1n) is 6.36. The molecule has 2 bridgehead atoms. The van der Waals surface area contributed by atoms with Crippen molar-refractivity contribution < 1.29 is 0 Å². The van der Waals surface area contributed by atoms with E-state index in [4.69, 9.17) is 0 Å². The predicted molar refractivity (Wildman–Crippen MR) is 67.7 cm³/mol. The van der Waals surface area contributed by atoms with Gasteiger partial charge in [0.25, 0.3) is 0 Å². The van der Waals surface area contributed by atoms with Crippen LogP contribution in [0.25, 0.3) is 0 Å². The molecule has 0 aliphatic carbocycles. The Bertz CT molecular complexity index is 218. The summed E-state index contributed by atoms with van der Waals surface area (Å²) >= 11 is 3.74.